The lowest BCUT2D eigenvalue weighted by atomic mass is 10.2. The van der Waals surface area contributed by atoms with Gasteiger partial charge in [0.15, 0.2) is 11.5 Å². The molecule has 1 amide bonds. The lowest BCUT2D eigenvalue weighted by Crippen LogP contribution is -2.23. The van der Waals surface area contributed by atoms with Gasteiger partial charge < -0.3 is 20.5 Å². The van der Waals surface area contributed by atoms with Crippen molar-refractivity contribution in [2.75, 3.05) is 26.3 Å². The van der Waals surface area contributed by atoms with Gasteiger partial charge in [0, 0.05) is 18.7 Å². The highest BCUT2D eigenvalue weighted by molar-refractivity contribution is 5.94. The van der Waals surface area contributed by atoms with Gasteiger partial charge in [-0.25, -0.2) is 0 Å². The maximum absolute atomic E-state index is 12.0. The van der Waals surface area contributed by atoms with Crippen molar-refractivity contribution in [3.8, 4) is 11.5 Å². The van der Waals surface area contributed by atoms with Gasteiger partial charge in [0.25, 0.3) is 5.91 Å². The Morgan fingerprint density at radius 3 is 2.55 bits per heavy atom. The summed E-state index contributed by atoms with van der Waals surface area (Å²) in [7, 11) is 0. The number of benzene rings is 1. The average molecular weight is 278 g/mol. The third kappa shape index (κ3) is 4.93. The first-order valence-electron chi connectivity index (χ1n) is 6.75. The van der Waals surface area contributed by atoms with Crippen LogP contribution < -0.4 is 20.5 Å². The Morgan fingerprint density at radius 2 is 1.90 bits per heavy atom. The first-order chi connectivity index (χ1) is 9.72. The van der Waals surface area contributed by atoms with Gasteiger partial charge >= 0.3 is 0 Å². The van der Waals surface area contributed by atoms with E-state index in [1.165, 1.54) is 0 Å². The van der Waals surface area contributed by atoms with Gasteiger partial charge in [0.05, 0.1) is 13.2 Å². The highest BCUT2D eigenvalue weighted by Crippen LogP contribution is 2.28. The van der Waals surface area contributed by atoms with Crippen LogP contribution in [0.2, 0.25) is 0 Å². The van der Waals surface area contributed by atoms with Crippen molar-refractivity contribution in [3.63, 3.8) is 0 Å². The van der Waals surface area contributed by atoms with Crippen LogP contribution in [-0.2, 0) is 0 Å². The Morgan fingerprint density at radius 1 is 1.20 bits per heavy atom. The fourth-order valence-corrected chi connectivity index (χ4v) is 1.63. The SMILES string of the molecule is CCOc1ccc(C(=O)NC/C=C/CN)cc1OCC. The molecule has 5 nitrogen and oxygen atoms in total. The fourth-order valence-electron chi connectivity index (χ4n) is 1.63. The Kier molecular flexibility index (Phi) is 7.21. The second-order valence-corrected chi connectivity index (χ2v) is 3.94. The van der Waals surface area contributed by atoms with E-state index in [1.807, 2.05) is 19.9 Å². The molecule has 0 aliphatic carbocycles. The van der Waals surface area contributed by atoms with E-state index in [4.69, 9.17) is 15.2 Å². The van der Waals surface area contributed by atoms with Gasteiger partial charge in [0.1, 0.15) is 0 Å². The number of amides is 1. The summed E-state index contributed by atoms with van der Waals surface area (Å²) in [6.07, 6.45) is 3.61. The van der Waals surface area contributed by atoms with Crippen LogP contribution in [0.1, 0.15) is 24.2 Å². The van der Waals surface area contributed by atoms with Crippen LogP contribution in [0.4, 0.5) is 0 Å². The number of rotatable bonds is 8. The molecule has 0 heterocycles. The number of nitrogens with two attached hydrogens (primary N) is 1. The normalized spacial score (nSPS) is 10.6. The van der Waals surface area contributed by atoms with Crippen LogP contribution >= 0.6 is 0 Å². The van der Waals surface area contributed by atoms with E-state index in [9.17, 15) is 4.79 Å². The summed E-state index contributed by atoms with van der Waals surface area (Å²) in [6, 6.07) is 5.16. The summed E-state index contributed by atoms with van der Waals surface area (Å²) >= 11 is 0. The number of hydrogen-bond acceptors (Lipinski definition) is 4. The zero-order chi connectivity index (χ0) is 14.8. The maximum Gasteiger partial charge on any atom is 0.251 e. The molecule has 0 saturated carbocycles. The summed E-state index contributed by atoms with van der Waals surface area (Å²) in [6.45, 7) is 5.78. The number of ether oxygens (including phenoxy) is 2. The van der Waals surface area contributed by atoms with E-state index < -0.39 is 0 Å². The van der Waals surface area contributed by atoms with Crippen molar-refractivity contribution in [1.82, 2.24) is 5.32 Å². The molecule has 0 radical (unpaired) electrons. The minimum atomic E-state index is -0.157. The first-order valence-corrected chi connectivity index (χ1v) is 6.75. The fraction of sp³-hybridized carbons (Fsp3) is 0.400. The van der Waals surface area contributed by atoms with Gasteiger partial charge in [-0.2, -0.15) is 0 Å². The zero-order valence-corrected chi connectivity index (χ0v) is 12.0. The van der Waals surface area contributed by atoms with Gasteiger partial charge in [-0.3, -0.25) is 4.79 Å². The van der Waals surface area contributed by atoms with E-state index in [-0.39, 0.29) is 5.91 Å². The molecule has 0 aromatic heterocycles. The van der Waals surface area contributed by atoms with E-state index in [2.05, 4.69) is 5.32 Å². The van der Waals surface area contributed by atoms with Crippen LogP contribution in [0.3, 0.4) is 0 Å². The highest BCUT2D eigenvalue weighted by atomic mass is 16.5. The van der Waals surface area contributed by atoms with Crippen molar-refractivity contribution in [2.45, 2.75) is 13.8 Å². The average Bonchev–Trinajstić information content (AvgIpc) is 2.45. The molecule has 0 bridgehead atoms. The molecule has 110 valence electrons. The van der Waals surface area contributed by atoms with Crippen molar-refractivity contribution >= 4 is 5.91 Å². The number of carbonyl (C=O) groups excluding carboxylic acids is 1. The highest BCUT2D eigenvalue weighted by Gasteiger charge is 2.10. The molecule has 0 aliphatic heterocycles. The van der Waals surface area contributed by atoms with Crippen molar-refractivity contribution in [2.24, 2.45) is 5.73 Å². The second-order valence-electron chi connectivity index (χ2n) is 3.94. The van der Waals surface area contributed by atoms with Crippen LogP contribution in [0.25, 0.3) is 0 Å². The quantitative estimate of drug-likeness (QED) is 0.710. The van der Waals surface area contributed by atoms with Gasteiger partial charge in [-0.1, -0.05) is 12.2 Å². The van der Waals surface area contributed by atoms with Crippen LogP contribution in [0.5, 0.6) is 11.5 Å². The molecular formula is C15H22N2O3. The van der Waals surface area contributed by atoms with Crippen LogP contribution in [0, 0.1) is 0 Å². The molecule has 20 heavy (non-hydrogen) atoms. The summed E-state index contributed by atoms with van der Waals surface area (Å²) in [5.74, 6) is 1.07. The van der Waals surface area contributed by atoms with Gasteiger partial charge in [-0.05, 0) is 32.0 Å². The molecule has 1 rings (SSSR count). The molecule has 0 fully saturated rings. The smallest absolute Gasteiger partial charge is 0.251 e. The number of nitrogens with one attached hydrogen (secondary N) is 1. The Labute approximate surface area is 119 Å². The zero-order valence-electron chi connectivity index (χ0n) is 12.0. The monoisotopic (exact) mass is 278 g/mol. The largest absolute Gasteiger partial charge is 0.490 e. The molecule has 1 aromatic rings. The molecule has 0 spiro atoms. The summed E-state index contributed by atoms with van der Waals surface area (Å²) in [5, 5.41) is 2.78. The van der Waals surface area contributed by atoms with Crippen LogP contribution in [-0.4, -0.2) is 32.2 Å². The van der Waals surface area contributed by atoms with Gasteiger partial charge in [0.2, 0.25) is 0 Å². The Hall–Kier alpha value is -2.01. The minimum Gasteiger partial charge on any atom is -0.490 e. The molecule has 1 aromatic carbocycles. The molecule has 0 unspecified atom stereocenters. The summed E-state index contributed by atoms with van der Waals surface area (Å²) in [5.41, 5.74) is 5.86. The lowest BCUT2D eigenvalue weighted by Gasteiger charge is -2.12. The topological polar surface area (TPSA) is 73.6 Å². The molecule has 3 N–H and O–H groups in total. The third-order valence-corrected chi connectivity index (χ3v) is 2.49. The third-order valence-electron chi connectivity index (χ3n) is 2.49. The summed E-state index contributed by atoms with van der Waals surface area (Å²) < 4.78 is 10.9. The van der Waals surface area contributed by atoms with E-state index in [0.29, 0.717) is 43.4 Å². The van der Waals surface area contributed by atoms with E-state index >= 15 is 0 Å². The molecule has 0 aliphatic rings. The maximum atomic E-state index is 12.0. The van der Waals surface area contributed by atoms with Crippen molar-refractivity contribution in [3.05, 3.63) is 35.9 Å². The van der Waals surface area contributed by atoms with Gasteiger partial charge in [-0.15, -0.1) is 0 Å². The van der Waals surface area contributed by atoms with Crippen LogP contribution in [0.15, 0.2) is 30.4 Å². The first kappa shape index (κ1) is 16.0. The second kappa shape index (κ2) is 8.98. The predicted octanol–water partition coefficient (Wildman–Crippen LogP) is 1.73. The minimum absolute atomic E-state index is 0.157. The Bertz CT molecular complexity index is 458. The number of carbonyl (C=O) groups is 1. The van der Waals surface area contributed by atoms with E-state index in [0.717, 1.165) is 0 Å². The number of hydrogen-bond donors (Lipinski definition) is 2. The predicted molar refractivity (Wildman–Crippen MR) is 79.3 cm³/mol. The van der Waals surface area contributed by atoms with E-state index in [1.54, 1.807) is 24.3 Å². The summed E-state index contributed by atoms with van der Waals surface area (Å²) in [4.78, 5) is 12.0. The molecule has 5 heteroatoms. The standard InChI is InChI=1S/C15H22N2O3/c1-3-19-13-8-7-12(11-14(13)20-4-2)15(18)17-10-6-5-9-16/h5-8,11H,3-4,9-10,16H2,1-2H3,(H,17,18)/b6-5+. The van der Waals surface area contributed by atoms with Crippen molar-refractivity contribution < 1.29 is 14.3 Å². The molecule has 0 atom stereocenters. The lowest BCUT2D eigenvalue weighted by molar-refractivity contribution is 0.0957. The molecular weight excluding hydrogens is 256 g/mol. The Balaban J connectivity index is 2.76. The van der Waals surface area contributed by atoms with Crippen molar-refractivity contribution in [1.29, 1.82) is 0 Å². The molecule has 0 saturated heterocycles.